The van der Waals surface area contributed by atoms with E-state index >= 15 is 0 Å². The van der Waals surface area contributed by atoms with Crippen molar-refractivity contribution in [3.05, 3.63) is 143 Å². The van der Waals surface area contributed by atoms with E-state index < -0.39 is 10.0 Å². The summed E-state index contributed by atoms with van der Waals surface area (Å²) in [5.41, 5.74) is 1.62. The highest BCUT2D eigenvalue weighted by atomic mass is 35.5. The van der Waals surface area contributed by atoms with Gasteiger partial charge >= 0.3 is 0 Å². The molecule has 0 bridgehead atoms. The van der Waals surface area contributed by atoms with Crippen LogP contribution in [0.15, 0.2) is 121 Å². The molecule has 1 aromatic heterocycles. The van der Waals surface area contributed by atoms with Gasteiger partial charge in [-0.15, -0.1) is 11.3 Å². The number of benzene rings is 5. The number of sulfonamides is 1. The van der Waals surface area contributed by atoms with Crippen LogP contribution in [0.4, 0.5) is 5.69 Å². The lowest BCUT2D eigenvalue weighted by atomic mass is 10.1. The van der Waals surface area contributed by atoms with E-state index in [4.69, 9.17) is 16.3 Å². The van der Waals surface area contributed by atoms with Crippen LogP contribution >= 0.6 is 22.9 Å². The molecule has 1 heterocycles. The lowest BCUT2D eigenvalue weighted by molar-refractivity contribution is 0.0686. The average molecular weight is 683 g/mol. The van der Waals surface area contributed by atoms with E-state index in [-0.39, 0.29) is 54.2 Å². The second-order valence-corrected chi connectivity index (χ2v) is 14.4. The molecule has 0 saturated heterocycles. The minimum absolute atomic E-state index is 0.0419. The molecule has 0 fully saturated rings. The van der Waals surface area contributed by atoms with Gasteiger partial charge in [0.15, 0.2) is 5.78 Å². The fourth-order valence-corrected chi connectivity index (χ4v) is 7.65. The number of hydrogen-bond donors (Lipinski definition) is 0. The van der Waals surface area contributed by atoms with Crippen molar-refractivity contribution in [2.45, 2.75) is 6.54 Å². The van der Waals surface area contributed by atoms with Crippen molar-refractivity contribution in [3.8, 4) is 5.75 Å². The van der Waals surface area contributed by atoms with Gasteiger partial charge in [-0.1, -0.05) is 78.3 Å². The minimum Gasteiger partial charge on any atom is -0.492 e. The lowest BCUT2D eigenvalue weighted by Gasteiger charge is -2.25. The molecule has 0 unspecified atom stereocenters. The molecule has 0 radical (unpaired) electrons. The van der Waals surface area contributed by atoms with Gasteiger partial charge in [-0.05, 0) is 60.2 Å². The van der Waals surface area contributed by atoms with Gasteiger partial charge < -0.3 is 9.64 Å². The first-order valence-electron chi connectivity index (χ1n) is 14.9. The summed E-state index contributed by atoms with van der Waals surface area (Å²) >= 11 is 8.18. The molecule has 6 aromatic rings. The predicted molar refractivity (Wildman–Crippen MR) is 190 cm³/mol. The Morgan fingerprint density at radius 1 is 0.766 bits per heavy atom. The van der Waals surface area contributed by atoms with Gasteiger partial charge in [0.25, 0.3) is 5.91 Å². The average Bonchev–Trinajstić information content (AvgIpc) is 3.45. The quantitative estimate of drug-likeness (QED) is 0.122. The van der Waals surface area contributed by atoms with Crippen LogP contribution in [0.1, 0.15) is 26.3 Å². The largest absolute Gasteiger partial charge is 0.492 e. The Morgan fingerprint density at radius 2 is 1.45 bits per heavy atom. The third kappa shape index (κ3) is 7.49. The standard InChI is InChI=1S/C37H31ClN2O5S2/c1-47(43,44)40(24-26-10-4-2-5-11-26)33-22-28(16-19-32(33)38)34(41)25-39(37(42)27-12-6-3-7-13-27)20-21-45-29-17-18-31-30-14-8-9-15-35(30)46-36(31)23-29/h2-19,22-23H,20-21,24-25H2,1H3. The number of Topliss-reactive ketones (excluding diaryl/α,β-unsaturated/α-hetero) is 1. The zero-order chi connectivity index (χ0) is 33.0. The number of fused-ring (bicyclic) bond motifs is 3. The van der Waals surface area contributed by atoms with Crippen LogP contribution in [0.3, 0.4) is 0 Å². The van der Waals surface area contributed by atoms with Crippen LogP contribution in [0, 0.1) is 0 Å². The molecule has 5 aromatic carbocycles. The van der Waals surface area contributed by atoms with Gasteiger partial charge in [0.1, 0.15) is 12.4 Å². The summed E-state index contributed by atoms with van der Waals surface area (Å²) < 4.78 is 35.3. The van der Waals surface area contributed by atoms with E-state index in [0.29, 0.717) is 11.3 Å². The maximum Gasteiger partial charge on any atom is 0.254 e. The summed E-state index contributed by atoms with van der Waals surface area (Å²) in [7, 11) is -3.76. The van der Waals surface area contributed by atoms with Crippen molar-refractivity contribution in [1.29, 1.82) is 0 Å². The molecule has 47 heavy (non-hydrogen) atoms. The molecular weight excluding hydrogens is 652 g/mol. The Bertz CT molecular complexity index is 2170. The normalized spacial score (nSPS) is 11.4. The number of thiophene rings is 1. The Kier molecular flexibility index (Phi) is 9.58. The van der Waals surface area contributed by atoms with Gasteiger partial charge in [0.05, 0.1) is 36.6 Å². The number of carbonyl (C=O) groups excluding carboxylic acids is 2. The minimum atomic E-state index is -3.76. The monoisotopic (exact) mass is 682 g/mol. The third-order valence-corrected chi connectivity index (χ3v) is 10.3. The Labute approximate surface area is 282 Å². The first kappa shape index (κ1) is 32.2. The number of ketones is 1. The molecule has 0 N–H and O–H groups in total. The maximum atomic E-state index is 13.7. The Morgan fingerprint density at radius 3 is 2.19 bits per heavy atom. The number of carbonyl (C=O) groups is 2. The molecule has 0 aliphatic carbocycles. The number of rotatable bonds is 12. The molecule has 0 atom stereocenters. The summed E-state index contributed by atoms with van der Waals surface area (Å²) in [6.45, 7) is 0.103. The van der Waals surface area contributed by atoms with Gasteiger partial charge in [-0.2, -0.15) is 0 Å². The zero-order valence-electron chi connectivity index (χ0n) is 25.5. The molecule has 7 nitrogen and oxygen atoms in total. The van der Waals surface area contributed by atoms with Crippen molar-refractivity contribution in [3.63, 3.8) is 0 Å². The highest BCUT2D eigenvalue weighted by Gasteiger charge is 2.24. The van der Waals surface area contributed by atoms with Crippen molar-refractivity contribution >= 4 is 70.5 Å². The van der Waals surface area contributed by atoms with Crippen molar-refractivity contribution in [2.75, 3.05) is 30.3 Å². The van der Waals surface area contributed by atoms with E-state index in [0.717, 1.165) is 21.9 Å². The molecule has 10 heteroatoms. The molecule has 1 amide bonds. The van der Waals surface area contributed by atoms with Crippen molar-refractivity contribution < 1.29 is 22.7 Å². The van der Waals surface area contributed by atoms with Crippen molar-refractivity contribution in [1.82, 2.24) is 4.90 Å². The number of amides is 1. The molecule has 238 valence electrons. The van der Waals surface area contributed by atoms with Gasteiger partial charge in [-0.25, -0.2) is 8.42 Å². The fraction of sp³-hybridized carbons (Fsp3) is 0.135. The number of halogens is 1. The molecular formula is C37H31ClN2O5S2. The number of nitrogens with zero attached hydrogens (tertiary/aromatic N) is 2. The van der Waals surface area contributed by atoms with E-state index in [1.165, 1.54) is 31.4 Å². The number of hydrogen-bond acceptors (Lipinski definition) is 6. The first-order chi connectivity index (χ1) is 22.7. The molecule has 0 aliphatic rings. The Hall–Kier alpha value is -4.70. The molecule has 0 aliphatic heterocycles. The Balaban J connectivity index is 1.22. The van der Waals surface area contributed by atoms with E-state index in [2.05, 4.69) is 12.1 Å². The maximum absolute atomic E-state index is 13.7. The molecule has 0 saturated carbocycles. The highest BCUT2D eigenvalue weighted by Crippen LogP contribution is 2.36. The topological polar surface area (TPSA) is 84.0 Å². The SMILES string of the molecule is CS(=O)(=O)N(Cc1ccccc1)c1cc(C(=O)CN(CCOc2ccc3c(c2)sc2ccccc23)C(=O)c2ccccc2)ccc1Cl. The first-order valence-corrected chi connectivity index (χ1v) is 17.9. The van der Waals surface area contributed by atoms with Crippen LogP contribution in [0.5, 0.6) is 5.75 Å². The van der Waals surface area contributed by atoms with Crippen LogP contribution in [0.2, 0.25) is 5.02 Å². The summed E-state index contributed by atoms with van der Waals surface area (Å²) in [6, 6.07) is 36.6. The number of anilines is 1. The highest BCUT2D eigenvalue weighted by molar-refractivity contribution is 7.92. The van der Waals surface area contributed by atoms with Crippen LogP contribution in [-0.2, 0) is 16.6 Å². The van der Waals surface area contributed by atoms with Crippen LogP contribution in [0.25, 0.3) is 20.2 Å². The summed E-state index contributed by atoms with van der Waals surface area (Å²) in [4.78, 5) is 28.8. The van der Waals surface area contributed by atoms with Gasteiger partial charge in [-0.3, -0.25) is 13.9 Å². The van der Waals surface area contributed by atoms with E-state index in [9.17, 15) is 18.0 Å². The fourth-order valence-electron chi connectivity index (χ4n) is 5.36. The second kappa shape index (κ2) is 14.0. The van der Waals surface area contributed by atoms with Gasteiger partial charge in [0, 0.05) is 31.3 Å². The second-order valence-electron chi connectivity index (χ2n) is 11.0. The van der Waals surface area contributed by atoms with Crippen molar-refractivity contribution in [2.24, 2.45) is 0 Å². The lowest BCUT2D eigenvalue weighted by Crippen LogP contribution is -2.38. The number of ether oxygens (including phenoxy) is 1. The predicted octanol–water partition coefficient (Wildman–Crippen LogP) is 8.08. The smallest absolute Gasteiger partial charge is 0.254 e. The summed E-state index contributed by atoms with van der Waals surface area (Å²) in [6.07, 6.45) is 1.10. The summed E-state index contributed by atoms with van der Waals surface area (Å²) in [5, 5.41) is 2.54. The molecule has 6 rings (SSSR count). The summed E-state index contributed by atoms with van der Waals surface area (Å²) in [5.74, 6) is -0.0188. The van der Waals surface area contributed by atoms with Crippen LogP contribution < -0.4 is 9.04 Å². The van der Waals surface area contributed by atoms with E-state index in [1.807, 2.05) is 66.7 Å². The third-order valence-electron chi connectivity index (χ3n) is 7.73. The molecule has 0 spiro atoms. The van der Waals surface area contributed by atoms with E-state index in [1.54, 1.807) is 41.7 Å². The zero-order valence-corrected chi connectivity index (χ0v) is 27.9. The van der Waals surface area contributed by atoms with Gasteiger partial charge in [0.2, 0.25) is 10.0 Å². The van der Waals surface area contributed by atoms with Crippen LogP contribution in [-0.4, -0.2) is 51.0 Å².